The van der Waals surface area contributed by atoms with Crippen LogP contribution in [-0.4, -0.2) is 11.9 Å². The maximum absolute atomic E-state index is 13.4. The number of primary amides is 1. The first-order valence-electron chi connectivity index (χ1n) is 5.51. The molecule has 0 bridgehead atoms. The number of anilines is 1. The van der Waals surface area contributed by atoms with Crippen LogP contribution in [0.5, 0.6) is 0 Å². The maximum atomic E-state index is 13.4. The number of halogens is 1. The number of hydrogen-bond acceptors (Lipinski definition) is 2. The quantitative estimate of drug-likeness (QED) is 0.824. The van der Waals surface area contributed by atoms with Crippen LogP contribution in [0.1, 0.15) is 24.0 Å². The van der Waals surface area contributed by atoms with E-state index in [4.69, 9.17) is 5.73 Å². The average molecular weight is 234 g/mol. The monoisotopic (exact) mass is 234 g/mol. The van der Waals surface area contributed by atoms with Crippen LogP contribution in [0.3, 0.4) is 0 Å². The molecule has 4 heteroatoms. The second kappa shape index (κ2) is 4.20. The Morgan fingerprint density at radius 1 is 1.65 bits per heavy atom. The van der Waals surface area contributed by atoms with Crippen molar-refractivity contribution in [1.29, 1.82) is 0 Å². The van der Waals surface area contributed by atoms with Crippen molar-refractivity contribution in [3.8, 4) is 0 Å². The molecule has 0 radical (unpaired) electrons. The number of carbonyl (C=O) groups is 1. The van der Waals surface area contributed by atoms with Gasteiger partial charge in [-0.05, 0) is 36.6 Å². The highest BCUT2D eigenvalue weighted by Gasteiger charge is 2.24. The van der Waals surface area contributed by atoms with Crippen molar-refractivity contribution in [2.24, 2.45) is 5.73 Å². The molecule has 1 aliphatic rings. The topological polar surface area (TPSA) is 55.1 Å². The zero-order chi connectivity index (χ0) is 12.6. The van der Waals surface area contributed by atoms with Gasteiger partial charge >= 0.3 is 0 Å². The molecule has 2 rings (SSSR count). The summed E-state index contributed by atoms with van der Waals surface area (Å²) in [4.78, 5) is 10.9. The molecule has 1 heterocycles. The highest BCUT2D eigenvalue weighted by molar-refractivity contribution is 5.83. The van der Waals surface area contributed by atoms with E-state index in [1.165, 1.54) is 6.07 Å². The van der Waals surface area contributed by atoms with Crippen molar-refractivity contribution < 1.29 is 9.18 Å². The zero-order valence-corrected chi connectivity index (χ0v) is 9.72. The summed E-state index contributed by atoms with van der Waals surface area (Å²) in [6.07, 6.45) is 0.870. The van der Waals surface area contributed by atoms with Gasteiger partial charge in [0.2, 0.25) is 5.91 Å². The van der Waals surface area contributed by atoms with Gasteiger partial charge in [-0.3, -0.25) is 4.79 Å². The van der Waals surface area contributed by atoms with Gasteiger partial charge in [-0.15, -0.1) is 0 Å². The minimum Gasteiger partial charge on any atom is -0.381 e. The van der Waals surface area contributed by atoms with Gasteiger partial charge in [-0.25, -0.2) is 4.39 Å². The minimum atomic E-state index is -0.349. The van der Waals surface area contributed by atoms with Crippen LogP contribution in [0.15, 0.2) is 18.7 Å². The Morgan fingerprint density at radius 2 is 2.35 bits per heavy atom. The van der Waals surface area contributed by atoms with Gasteiger partial charge in [0.05, 0.1) is 0 Å². The fourth-order valence-electron chi connectivity index (χ4n) is 2.30. The average Bonchev–Trinajstić information content (AvgIpc) is 2.22. The van der Waals surface area contributed by atoms with Crippen LogP contribution in [0.4, 0.5) is 10.1 Å². The normalized spacial score (nSPS) is 18.5. The number of fused-ring (bicyclic) bond motifs is 1. The Labute approximate surface area is 99.5 Å². The minimum absolute atomic E-state index is 0.0441. The Hall–Kier alpha value is -1.84. The van der Waals surface area contributed by atoms with E-state index in [0.717, 1.165) is 16.8 Å². The predicted molar refractivity (Wildman–Crippen MR) is 66.0 cm³/mol. The van der Waals surface area contributed by atoms with Crippen LogP contribution < -0.4 is 11.1 Å². The highest BCUT2D eigenvalue weighted by Crippen LogP contribution is 2.36. The molecule has 3 N–H and O–H groups in total. The van der Waals surface area contributed by atoms with E-state index in [2.05, 4.69) is 11.9 Å². The standard InChI is InChI=1S/C13H15FN2O/c1-7-5-9(6-12(15)17)16-11-4-3-10(14)8(2)13(7)11/h3-4,9,16H,1,5-6H2,2H3,(H2,15,17)/t9-/m0/s1. The maximum Gasteiger partial charge on any atom is 0.219 e. The van der Waals surface area contributed by atoms with E-state index in [1.54, 1.807) is 13.0 Å². The third-order valence-corrected chi connectivity index (χ3v) is 3.05. The second-order valence-electron chi connectivity index (χ2n) is 4.41. The third-order valence-electron chi connectivity index (χ3n) is 3.05. The molecule has 90 valence electrons. The van der Waals surface area contributed by atoms with Gasteiger partial charge in [-0.2, -0.15) is 0 Å². The summed E-state index contributed by atoms with van der Waals surface area (Å²) < 4.78 is 13.4. The van der Waals surface area contributed by atoms with Gasteiger partial charge in [0.1, 0.15) is 5.82 Å². The molecule has 1 amide bonds. The summed E-state index contributed by atoms with van der Waals surface area (Å²) in [6, 6.07) is 3.05. The first-order chi connectivity index (χ1) is 7.99. The lowest BCUT2D eigenvalue weighted by Crippen LogP contribution is -2.30. The fourth-order valence-corrected chi connectivity index (χ4v) is 2.30. The van der Waals surface area contributed by atoms with E-state index in [0.29, 0.717) is 12.0 Å². The van der Waals surface area contributed by atoms with Crippen molar-refractivity contribution in [2.75, 3.05) is 5.32 Å². The van der Waals surface area contributed by atoms with E-state index in [-0.39, 0.29) is 24.2 Å². The van der Waals surface area contributed by atoms with Crippen LogP contribution in [-0.2, 0) is 4.79 Å². The van der Waals surface area contributed by atoms with Gasteiger partial charge < -0.3 is 11.1 Å². The lowest BCUT2D eigenvalue weighted by atomic mass is 9.89. The van der Waals surface area contributed by atoms with Crippen LogP contribution in [0.2, 0.25) is 0 Å². The molecule has 0 aliphatic carbocycles. The summed E-state index contributed by atoms with van der Waals surface area (Å²) in [5.41, 5.74) is 8.27. The van der Waals surface area contributed by atoms with Crippen molar-refractivity contribution in [3.63, 3.8) is 0 Å². The molecule has 0 aromatic heterocycles. The van der Waals surface area contributed by atoms with E-state index < -0.39 is 0 Å². The summed E-state index contributed by atoms with van der Waals surface area (Å²) in [6.45, 7) is 5.69. The molecule has 0 fully saturated rings. The number of rotatable bonds is 2. The number of benzene rings is 1. The smallest absolute Gasteiger partial charge is 0.219 e. The summed E-state index contributed by atoms with van der Waals surface area (Å²) >= 11 is 0. The van der Waals surface area contributed by atoms with Gasteiger partial charge in [0, 0.05) is 23.7 Å². The highest BCUT2D eigenvalue weighted by atomic mass is 19.1. The molecular formula is C13H15FN2O. The van der Waals surface area contributed by atoms with E-state index >= 15 is 0 Å². The lowest BCUT2D eigenvalue weighted by Gasteiger charge is -2.29. The molecule has 1 aliphatic heterocycles. The first kappa shape index (κ1) is 11.6. The SMILES string of the molecule is C=C1C[C@@H](CC(N)=O)Nc2ccc(F)c(C)c21. The molecule has 17 heavy (non-hydrogen) atoms. The Morgan fingerprint density at radius 3 is 3.00 bits per heavy atom. The Bertz CT molecular complexity index is 496. The molecule has 1 aromatic carbocycles. The number of nitrogens with one attached hydrogen (secondary N) is 1. The molecule has 1 aromatic rings. The zero-order valence-electron chi connectivity index (χ0n) is 9.72. The number of hydrogen-bond donors (Lipinski definition) is 2. The van der Waals surface area contributed by atoms with Crippen molar-refractivity contribution in [3.05, 3.63) is 35.7 Å². The van der Waals surface area contributed by atoms with Crippen LogP contribution in [0.25, 0.3) is 5.57 Å². The summed E-state index contributed by atoms with van der Waals surface area (Å²) in [5.74, 6) is -0.586. The van der Waals surface area contributed by atoms with Gasteiger partial charge in [0.15, 0.2) is 0 Å². The third kappa shape index (κ3) is 2.16. The van der Waals surface area contributed by atoms with Gasteiger partial charge in [0.25, 0.3) is 0 Å². The second-order valence-corrected chi connectivity index (χ2v) is 4.41. The van der Waals surface area contributed by atoms with Crippen molar-refractivity contribution >= 4 is 17.2 Å². The molecule has 0 saturated carbocycles. The molecule has 1 atom stereocenters. The first-order valence-corrected chi connectivity index (χ1v) is 5.51. The lowest BCUT2D eigenvalue weighted by molar-refractivity contribution is -0.118. The Balaban J connectivity index is 2.35. The number of carbonyl (C=O) groups excluding carboxylic acids is 1. The van der Waals surface area contributed by atoms with Gasteiger partial charge in [-0.1, -0.05) is 6.58 Å². The van der Waals surface area contributed by atoms with E-state index in [9.17, 15) is 9.18 Å². The number of amides is 1. The Kier molecular flexibility index (Phi) is 2.88. The van der Waals surface area contributed by atoms with E-state index in [1.807, 2.05) is 0 Å². The number of nitrogens with two attached hydrogens (primary N) is 1. The summed E-state index contributed by atoms with van der Waals surface area (Å²) in [7, 11) is 0. The van der Waals surface area contributed by atoms with Crippen LogP contribution in [0, 0.1) is 12.7 Å². The predicted octanol–water partition coefficient (Wildman–Crippen LogP) is 2.21. The molecule has 0 saturated heterocycles. The largest absolute Gasteiger partial charge is 0.381 e. The molecule has 3 nitrogen and oxygen atoms in total. The molecular weight excluding hydrogens is 219 g/mol. The molecule has 0 spiro atoms. The fraction of sp³-hybridized carbons (Fsp3) is 0.308. The van der Waals surface area contributed by atoms with Crippen LogP contribution >= 0.6 is 0 Å². The van der Waals surface area contributed by atoms with Crippen molar-refractivity contribution in [1.82, 2.24) is 0 Å². The summed E-state index contributed by atoms with van der Waals surface area (Å²) in [5, 5.41) is 3.20. The molecule has 0 unspecified atom stereocenters. The van der Waals surface area contributed by atoms with Crippen molar-refractivity contribution in [2.45, 2.75) is 25.8 Å².